The van der Waals surface area contributed by atoms with E-state index in [0.29, 0.717) is 11.8 Å². The molecular weight excluding hydrogens is 396 g/mol. The van der Waals surface area contributed by atoms with Crippen molar-refractivity contribution in [2.75, 3.05) is 0 Å². The van der Waals surface area contributed by atoms with Gasteiger partial charge in [0.1, 0.15) is 0 Å². The summed E-state index contributed by atoms with van der Waals surface area (Å²) in [4.78, 5) is 4.84. The van der Waals surface area contributed by atoms with E-state index in [4.69, 9.17) is 4.98 Å². The summed E-state index contributed by atoms with van der Waals surface area (Å²) in [7, 11) is 0. The lowest BCUT2D eigenvalue weighted by Gasteiger charge is -2.48. The van der Waals surface area contributed by atoms with Gasteiger partial charge >= 0.3 is 0 Å². The molecule has 4 aromatic rings. The lowest BCUT2D eigenvalue weighted by atomic mass is 9.58. The van der Waals surface area contributed by atoms with E-state index < -0.39 is 0 Å². The molecule has 2 aromatic carbocycles. The van der Waals surface area contributed by atoms with E-state index in [-0.39, 0.29) is 5.41 Å². The Morgan fingerprint density at radius 2 is 1.90 bits per heavy atom. The first kappa shape index (κ1) is 19.1. The van der Waals surface area contributed by atoms with Gasteiger partial charge in [-0.05, 0) is 59.6 Å². The topological polar surface area (TPSA) is 17.8 Å². The van der Waals surface area contributed by atoms with Crippen LogP contribution in [0.1, 0.15) is 50.3 Å². The highest BCUT2D eigenvalue weighted by Gasteiger charge is 2.45. The van der Waals surface area contributed by atoms with Gasteiger partial charge in [-0.3, -0.25) is 0 Å². The third-order valence-electron chi connectivity index (χ3n) is 7.85. The van der Waals surface area contributed by atoms with Crippen LogP contribution >= 0.6 is 11.3 Å². The van der Waals surface area contributed by atoms with Gasteiger partial charge in [0, 0.05) is 22.2 Å². The number of nitrogens with zero attached hydrogens (tertiary/aromatic N) is 2. The Morgan fingerprint density at radius 3 is 2.77 bits per heavy atom. The van der Waals surface area contributed by atoms with Crippen LogP contribution in [0.2, 0.25) is 0 Å². The minimum absolute atomic E-state index is 0.183. The SMILES string of the molecule is CC(c1csc2ccccc12)[C@H]1CCCC2=Cc3c(-c4ccccc4)ncn3C[C@@]21C. The summed E-state index contributed by atoms with van der Waals surface area (Å²) in [5, 5.41) is 3.86. The van der Waals surface area contributed by atoms with Gasteiger partial charge in [0.25, 0.3) is 0 Å². The molecule has 3 atom stereocenters. The summed E-state index contributed by atoms with van der Waals surface area (Å²) in [6.07, 6.45) is 8.33. The summed E-state index contributed by atoms with van der Waals surface area (Å²) in [5.74, 6) is 1.18. The van der Waals surface area contributed by atoms with E-state index >= 15 is 0 Å². The predicted molar refractivity (Wildman–Crippen MR) is 131 cm³/mol. The van der Waals surface area contributed by atoms with Gasteiger partial charge in [-0.15, -0.1) is 11.3 Å². The number of thiophene rings is 1. The number of imidazole rings is 1. The Balaban J connectivity index is 1.40. The van der Waals surface area contributed by atoms with Crippen LogP contribution in [-0.4, -0.2) is 9.55 Å². The van der Waals surface area contributed by atoms with Crippen LogP contribution in [0.5, 0.6) is 0 Å². The summed E-state index contributed by atoms with van der Waals surface area (Å²) in [6, 6.07) is 19.5. The van der Waals surface area contributed by atoms with E-state index in [9.17, 15) is 0 Å². The minimum Gasteiger partial charge on any atom is -0.330 e. The quantitative estimate of drug-likeness (QED) is 0.328. The highest BCUT2D eigenvalue weighted by atomic mass is 32.1. The molecule has 1 aliphatic heterocycles. The number of hydrogen-bond donors (Lipinski definition) is 0. The van der Waals surface area contributed by atoms with E-state index in [1.807, 2.05) is 11.3 Å². The van der Waals surface area contributed by atoms with Crippen LogP contribution in [0.3, 0.4) is 0 Å². The molecule has 0 spiro atoms. The molecule has 0 saturated heterocycles. The van der Waals surface area contributed by atoms with Crippen LogP contribution in [0.15, 0.2) is 71.9 Å². The third kappa shape index (κ3) is 2.94. The van der Waals surface area contributed by atoms with Crippen LogP contribution in [0.4, 0.5) is 0 Å². The van der Waals surface area contributed by atoms with Gasteiger partial charge in [0.05, 0.1) is 17.7 Å². The second-order valence-electron chi connectivity index (χ2n) is 9.53. The number of allylic oxidation sites excluding steroid dienone is 1. The molecule has 0 N–H and O–H groups in total. The molecule has 31 heavy (non-hydrogen) atoms. The van der Waals surface area contributed by atoms with E-state index in [0.717, 1.165) is 12.2 Å². The number of benzene rings is 2. The summed E-state index contributed by atoms with van der Waals surface area (Å²) >= 11 is 1.89. The molecule has 0 amide bonds. The van der Waals surface area contributed by atoms with Crippen molar-refractivity contribution in [2.45, 2.75) is 45.6 Å². The Bertz CT molecular complexity index is 1280. The van der Waals surface area contributed by atoms with Crippen molar-refractivity contribution >= 4 is 27.5 Å². The van der Waals surface area contributed by atoms with E-state index in [2.05, 4.69) is 90.8 Å². The number of fused-ring (bicyclic) bond motifs is 3. The van der Waals surface area contributed by atoms with Gasteiger partial charge < -0.3 is 4.57 Å². The fourth-order valence-corrected chi connectivity index (χ4v) is 7.25. The first-order valence-electron chi connectivity index (χ1n) is 11.4. The van der Waals surface area contributed by atoms with Crippen LogP contribution in [0, 0.1) is 11.3 Å². The fraction of sp³-hybridized carbons (Fsp3) is 0.321. The molecule has 6 rings (SSSR count). The predicted octanol–water partition coefficient (Wildman–Crippen LogP) is 7.77. The van der Waals surface area contributed by atoms with Gasteiger partial charge in [-0.2, -0.15) is 0 Å². The number of aromatic nitrogens is 2. The second-order valence-corrected chi connectivity index (χ2v) is 10.4. The minimum atomic E-state index is 0.183. The van der Waals surface area contributed by atoms with E-state index in [1.54, 1.807) is 5.57 Å². The first-order valence-corrected chi connectivity index (χ1v) is 12.3. The van der Waals surface area contributed by atoms with Crippen molar-refractivity contribution in [3.05, 3.63) is 83.1 Å². The molecule has 3 heteroatoms. The molecule has 1 aliphatic carbocycles. The molecule has 1 saturated carbocycles. The summed E-state index contributed by atoms with van der Waals surface area (Å²) in [6.45, 7) is 6.01. The normalized spacial score (nSPS) is 23.8. The van der Waals surface area contributed by atoms with Crippen LogP contribution < -0.4 is 0 Å². The van der Waals surface area contributed by atoms with Gasteiger partial charge in [-0.1, -0.05) is 68.0 Å². The first-order chi connectivity index (χ1) is 15.1. The molecule has 1 unspecified atom stereocenters. The van der Waals surface area contributed by atoms with Crippen molar-refractivity contribution in [1.82, 2.24) is 9.55 Å². The smallest absolute Gasteiger partial charge is 0.0958 e. The Morgan fingerprint density at radius 1 is 1.10 bits per heavy atom. The monoisotopic (exact) mass is 424 g/mol. The van der Waals surface area contributed by atoms with E-state index in [1.165, 1.54) is 46.2 Å². The van der Waals surface area contributed by atoms with Crippen molar-refractivity contribution in [2.24, 2.45) is 11.3 Å². The molecular formula is C28H28N2S. The van der Waals surface area contributed by atoms with Crippen molar-refractivity contribution < 1.29 is 0 Å². The zero-order valence-electron chi connectivity index (χ0n) is 18.2. The lowest BCUT2D eigenvalue weighted by Crippen LogP contribution is -2.41. The average molecular weight is 425 g/mol. The standard InChI is InChI=1S/C28H28N2S/c1-19(23-16-31-26-14-7-6-12-22(23)26)24-13-8-11-21-15-25-27(20-9-4-3-5-10-20)29-18-30(25)17-28(21,24)2/h3-7,9-10,12,14-16,18-19,24H,8,11,13,17H2,1-2H3/t19?,24-,28+/m1/s1. The lowest BCUT2D eigenvalue weighted by molar-refractivity contribution is 0.131. The zero-order valence-corrected chi connectivity index (χ0v) is 19.0. The van der Waals surface area contributed by atoms with Gasteiger partial charge in [0.2, 0.25) is 0 Å². The van der Waals surface area contributed by atoms with Crippen LogP contribution in [0.25, 0.3) is 27.4 Å². The molecule has 1 fully saturated rings. The van der Waals surface area contributed by atoms with Crippen molar-refractivity contribution in [3.63, 3.8) is 0 Å². The Labute approximate surface area is 188 Å². The molecule has 0 radical (unpaired) electrons. The molecule has 3 heterocycles. The fourth-order valence-electron chi connectivity index (χ4n) is 6.19. The zero-order chi connectivity index (χ0) is 21.0. The largest absolute Gasteiger partial charge is 0.330 e. The maximum Gasteiger partial charge on any atom is 0.0958 e. The summed E-state index contributed by atoms with van der Waals surface area (Å²) < 4.78 is 3.82. The van der Waals surface area contributed by atoms with Crippen LogP contribution in [-0.2, 0) is 6.54 Å². The van der Waals surface area contributed by atoms with Crippen molar-refractivity contribution in [1.29, 1.82) is 0 Å². The Kier molecular flexibility index (Phi) is 4.43. The molecule has 0 bridgehead atoms. The highest BCUT2D eigenvalue weighted by Crippen LogP contribution is 2.55. The van der Waals surface area contributed by atoms with Gasteiger partial charge in [-0.25, -0.2) is 4.98 Å². The molecule has 2 aromatic heterocycles. The second kappa shape index (κ2) is 7.20. The molecule has 156 valence electrons. The average Bonchev–Trinajstić information content (AvgIpc) is 3.41. The van der Waals surface area contributed by atoms with Gasteiger partial charge in [0.15, 0.2) is 0 Å². The highest BCUT2D eigenvalue weighted by molar-refractivity contribution is 7.17. The van der Waals surface area contributed by atoms with Crippen molar-refractivity contribution in [3.8, 4) is 11.3 Å². The number of hydrogen-bond acceptors (Lipinski definition) is 2. The molecule has 2 nitrogen and oxygen atoms in total. The third-order valence-corrected chi connectivity index (χ3v) is 8.84. The summed E-state index contributed by atoms with van der Waals surface area (Å²) in [5.41, 5.74) is 6.96. The number of rotatable bonds is 3. The molecule has 2 aliphatic rings. The maximum atomic E-state index is 4.84. The maximum absolute atomic E-state index is 4.84. The Hall–Kier alpha value is -2.65.